The molecule has 4 nitrogen and oxygen atoms in total. The van der Waals surface area contributed by atoms with E-state index in [2.05, 4.69) is 10.2 Å². The van der Waals surface area contributed by atoms with Crippen LogP contribution in [-0.2, 0) is 4.79 Å². The fourth-order valence-corrected chi connectivity index (χ4v) is 3.68. The van der Waals surface area contributed by atoms with Gasteiger partial charge in [0, 0.05) is 20.0 Å². The van der Waals surface area contributed by atoms with E-state index in [0.29, 0.717) is 17.5 Å². The maximum Gasteiger partial charge on any atom is 0.208 e. The third kappa shape index (κ3) is 3.42. The summed E-state index contributed by atoms with van der Waals surface area (Å²) in [6.07, 6.45) is 4.59. The zero-order chi connectivity index (χ0) is 12.3. The molecular weight excluding hydrogens is 254 g/mol. The van der Waals surface area contributed by atoms with Gasteiger partial charge in [-0.3, -0.25) is 4.79 Å². The van der Waals surface area contributed by atoms with Crippen LogP contribution in [0.3, 0.4) is 0 Å². The molecule has 0 saturated heterocycles. The molecule has 0 atom stereocenters. The molecule has 1 aromatic heterocycles. The van der Waals surface area contributed by atoms with Crippen LogP contribution in [0.2, 0.25) is 0 Å². The van der Waals surface area contributed by atoms with Gasteiger partial charge in [0.15, 0.2) is 4.34 Å². The van der Waals surface area contributed by atoms with E-state index in [1.54, 1.807) is 0 Å². The van der Waals surface area contributed by atoms with Crippen LogP contribution >= 0.6 is 23.1 Å². The van der Waals surface area contributed by atoms with Crippen molar-refractivity contribution in [1.82, 2.24) is 10.2 Å². The van der Waals surface area contributed by atoms with Gasteiger partial charge in [0.2, 0.25) is 5.13 Å². The van der Waals surface area contributed by atoms with E-state index in [1.807, 2.05) is 19.0 Å². The van der Waals surface area contributed by atoms with Crippen molar-refractivity contribution in [2.45, 2.75) is 30.0 Å². The Bertz CT molecular complexity index is 386. The van der Waals surface area contributed by atoms with Crippen LogP contribution in [0.4, 0.5) is 5.13 Å². The molecule has 1 fully saturated rings. The molecule has 0 radical (unpaired) electrons. The maximum atomic E-state index is 11.9. The second-order valence-corrected chi connectivity index (χ2v) is 6.66. The summed E-state index contributed by atoms with van der Waals surface area (Å²) in [6, 6.07) is 0. The predicted octanol–water partition coefficient (Wildman–Crippen LogP) is 2.46. The lowest BCUT2D eigenvalue weighted by molar-refractivity contribution is -0.120. The average Bonchev–Trinajstić information content (AvgIpc) is 2.97. The highest BCUT2D eigenvalue weighted by Crippen LogP contribution is 2.30. The summed E-state index contributed by atoms with van der Waals surface area (Å²) >= 11 is 3.06. The van der Waals surface area contributed by atoms with Crippen molar-refractivity contribution < 1.29 is 4.79 Å². The molecule has 17 heavy (non-hydrogen) atoms. The van der Waals surface area contributed by atoms with Gasteiger partial charge in [-0.2, -0.15) is 0 Å². The Morgan fingerprint density at radius 1 is 1.41 bits per heavy atom. The minimum atomic E-state index is 0.309. The van der Waals surface area contributed by atoms with Gasteiger partial charge in [-0.15, -0.1) is 10.2 Å². The summed E-state index contributed by atoms with van der Waals surface area (Å²) in [6.45, 7) is 0. The van der Waals surface area contributed by atoms with Crippen molar-refractivity contribution in [3.05, 3.63) is 0 Å². The van der Waals surface area contributed by atoms with Crippen molar-refractivity contribution in [3.63, 3.8) is 0 Å². The number of ketones is 1. The number of carbonyl (C=O) groups excluding carboxylic acids is 1. The molecule has 0 N–H and O–H groups in total. The molecule has 0 aliphatic heterocycles. The first-order valence-electron chi connectivity index (χ1n) is 5.83. The zero-order valence-electron chi connectivity index (χ0n) is 10.2. The van der Waals surface area contributed by atoms with Crippen LogP contribution in [0.25, 0.3) is 0 Å². The van der Waals surface area contributed by atoms with Crippen molar-refractivity contribution in [2.75, 3.05) is 24.7 Å². The van der Waals surface area contributed by atoms with E-state index in [9.17, 15) is 4.79 Å². The largest absolute Gasteiger partial charge is 0.353 e. The minimum Gasteiger partial charge on any atom is -0.353 e. The second-order valence-electron chi connectivity index (χ2n) is 4.48. The van der Waals surface area contributed by atoms with E-state index in [0.717, 1.165) is 22.3 Å². The van der Waals surface area contributed by atoms with Gasteiger partial charge in [0.1, 0.15) is 5.78 Å². The lowest BCUT2D eigenvalue weighted by atomic mass is 10.0. The fourth-order valence-electron chi connectivity index (χ4n) is 1.94. The summed E-state index contributed by atoms with van der Waals surface area (Å²) < 4.78 is 0.889. The lowest BCUT2D eigenvalue weighted by Gasteiger charge is -2.05. The predicted molar refractivity (Wildman–Crippen MR) is 71.9 cm³/mol. The topological polar surface area (TPSA) is 46.1 Å². The number of nitrogens with zero attached hydrogens (tertiary/aromatic N) is 3. The minimum absolute atomic E-state index is 0.309. The Hall–Kier alpha value is -0.620. The number of carbonyl (C=O) groups is 1. The number of hydrogen-bond acceptors (Lipinski definition) is 6. The summed E-state index contributed by atoms with van der Waals surface area (Å²) in [5.74, 6) is 1.24. The number of aromatic nitrogens is 2. The molecule has 2 rings (SSSR count). The highest BCUT2D eigenvalue weighted by Gasteiger charge is 2.22. The van der Waals surface area contributed by atoms with Crippen LogP contribution in [0.1, 0.15) is 25.7 Å². The van der Waals surface area contributed by atoms with Crippen LogP contribution < -0.4 is 4.90 Å². The molecule has 1 aromatic rings. The Kier molecular flexibility index (Phi) is 4.39. The highest BCUT2D eigenvalue weighted by atomic mass is 32.2. The van der Waals surface area contributed by atoms with E-state index in [-0.39, 0.29) is 0 Å². The van der Waals surface area contributed by atoms with Crippen LogP contribution in [0.5, 0.6) is 0 Å². The standard InChI is InChI=1S/C11H17N3OS2/c1-14(2)10-12-13-11(17-10)16-7-9(15)8-5-3-4-6-8/h8H,3-7H2,1-2H3. The SMILES string of the molecule is CN(C)c1nnc(SCC(=O)C2CCCC2)s1. The van der Waals surface area contributed by atoms with Crippen LogP contribution in [-0.4, -0.2) is 35.8 Å². The number of hydrogen-bond donors (Lipinski definition) is 0. The van der Waals surface area contributed by atoms with E-state index >= 15 is 0 Å². The van der Waals surface area contributed by atoms with Crippen molar-refractivity contribution in [1.29, 1.82) is 0 Å². The highest BCUT2D eigenvalue weighted by molar-refractivity contribution is 8.01. The maximum absolute atomic E-state index is 11.9. The smallest absolute Gasteiger partial charge is 0.208 e. The molecule has 6 heteroatoms. The monoisotopic (exact) mass is 271 g/mol. The van der Waals surface area contributed by atoms with E-state index in [4.69, 9.17) is 0 Å². The molecule has 1 aliphatic rings. The number of rotatable bonds is 5. The van der Waals surface area contributed by atoms with Crippen LogP contribution in [0.15, 0.2) is 4.34 Å². The van der Waals surface area contributed by atoms with Gasteiger partial charge < -0.3 is 4.90 Å². The first kappa shape index (κ1) is 12.8. The summed E-state index contributed by atoms with van der Waals surface area (Å²) in [5, 5.41) is 9.02. The molecule has 1 saturated carbocycles. The Labute approximate surface area is 110 Å². The quantitative estimate of drug-likeness (QED) is 0.770. The molecule has 94 valence electrons. The first-order chi connectivity index (χ1) is 8.16. The summed E-state index contributed by atoms with van der Waals surface area (Å²) in [4.78, 5) is 13.8. The van der Waals surface area contributed by atoms with Gasteiger partial charge in [-0.05, 0) is 12.8 Å². The van der Waals surface area contributed by atoms with Gasteiger partial charge >= 0.3 is 0 Å². The fraction of sp³-hybridized carbons (Fsp3) is 0.727. The molecule has 0 amide bonds. The van der Waals surface area contributed by atoms with Gasteiger partial charge in [0.25, 0.3) is 0 Å². The lowest BCUT2D eigenvalue weighted by Crippen LogP contribution is -2.12. The summed E-state index contributed by atoms with van der Waals surface area (Å²) in [5.41, 5.74) is 0. The Morgan fingerprint density at radius 2 is 2.12 bits per heavy atom. The molecule has 0 bridgehead atoms. The van der Waals surface area contributed by atoms with Crippen LogP contribution in [0, 0.1) is 5.92 Å². The van der Waals surface area contributed by atoms with Gasteiger partial charge in [0.05, 0.1) is 5.75 Å². The van der Waals surface area contributed by atoms with Gasteiger partial charge in [-0.1, -0.05) is 35.9 Å². The molecule has 1 aliphatic carbocycles. The van der Waals surface area contributed by atoms with Gasteiger partial charge in [-0.25, -0.2) is 0 Å². The molecule has 0 aromatic carbocycles. The number of thioether (sulfide) groups is 1. The van der Waals surface area contributed by atoms with E-state index in [1.165, 1.54) is 35.9 Å². The Balaban J connectivity index is 1.82. The number of anilines is 1. The third-order valence-corrected chi connectivity index (χ3v) is 5.17. The molecular formula is C11H17N3OS2. The number of Topliss-reactive ketones (excluding diaryl/α,β-unsaturated/α-hetero) is 1. The van der Waals surface area contributed by atoms with Crippen molar-refractivity contribution >= 4 is 34.0 Å². The van der Waals surface area contributed by atoms with Crippen molar-refractivity contribution in [3.8, 4) is 0 Å². The molecule has 0 unspecified atom stereocenters. The summed E-state index contributed by atoms with van der Waals surface area (Å²) in [7, 11) is 3.89. The molecule has 1 heterocycles. The average molecular weight is 271 g/mol. The zero-order valence-corrected chi connectivity index (χ0v) is 11.8. The third-order valence-electron chi connectivity index (χ3n) is 2.93. The van der Waals surface area contributed by atoms with Crippen molar-refractivity contribution in [2.24, 2.45) is 5.92 Å². The normalized spacial score (nSPS) is 16.4. The van der Waals surface area contributed by atoms with E-state index < -0.39 is 0 Å². The first-order valence-corrected chi connectivity index (χ1v) is 7.63. The second kappa shape index (κ2) is 5.82. The Morgan fingerprint density at radius 3 is 2.71 bits per heavy atom. The molecule has 0 spiro atoms.